The monoisotopic (exact) mass is 384 g/mol. The van der Waals surface area contributed by atoms with Crippen LogP contribution in [0.5, 0.6) is 0 Å². The summed E-state index contributed by atoms with van der Waals surface area (Å²) in [5.41, 5.74) is 28.1. The molecule has 1 heterocycles. The van der Waals surface area contributed by atoms with E-state index < -0.39 is 0 Å². The summed E-state index contributed by atoms with van der Waals surface area (Å²) in [4.78, 5) is 6.84. The Morgan fingerprint density at radius 2 is 1.56 bits per heavy atom. The molecule has 0 aromatic carbocycles. The summed E-state index contributed by atoms with van der Waals surface area (Å²) in [5, 5.41) is 6.93. The number of nitrogens with one attached hydrogen (secondary N) is 2. The summed E-state index contributed by atoms with van der Waals surface area (Å²) in [6.45, 7) is 6.79. The van der Waals surface area contributed by atoms with Crippen LogP contribution in [0.15, 0.2) is 12.5 Å². The number of hydrogen-bond acceptors (Lipinski definition) is 6. The molecular weight excluding hydrogens is 340 g/mol. The van der Waals surface area contributed by atoms with Crippen molar-refractivity contribution in [2.24, 2.45) is 28.7 Å². The van der Waals surface area contributed by atoms with E-state index in [0.29, 0.717) is 12.5 Å². The summed E-state index contributed by atoms with van der Waals surface area (Å²) in [6, 6.07) is 0.846. The molecule has 0 saturated carbocycles. The number of hydrogen-bond donors (Lipinski definition) is 7. The number of H-pyrrole nitrogens is 1. The predicted molar refractivity (Wildman–Crippen MR) is 117 cm³/mol. The Morgan fingerprint density at radius 1 is 1.00 bits per heavy atom. The van der Waals surface area contributed by atoms with Gasteiger partial charge >= 0.3 is 0 Å². The Morgan fingerprint density at radius 3 is 1.93 bits per heavy atom. The van der Waals surface area contributed by atoms with Gasteiger partial charge in [-0.1, -0.05) is 12.8 Å². The second kappa shape index (κ2) is 19.3. The molecule has 3 unspecified atom stereocenters. The van der Waals surface area contributed by atoms with Gasteiger partial charge in [0.1, 0.15) is 0 Å². The molecule has 0 spiro atoms. The molecule has 1 rings (SSSR count). The minimum Gasteiger partial charge on any atom is -0.388 e. The molecule has 1 aromatic rings. The lowest BCUT2D eigenvalue weighted by atomic mass is 10.1. The van der Waals surface area contributed by atoms with Crippen LogP contribution in [-0.2, 0) is 6.42 Å². The summed E-state index contributed by atoms with van der Waals surface area (Å²) >= 11 is 0. The van der Waals surface area contributed by atoms with Crippen molar-refractivity contribution in [3.05, 3.63) is 18.2 Å². The van der Waals surface area contributed by atoms with Gasteiger partial charge < -0.3 is 33.7 Å². The maximum absolute atomic E-state index is 6.93. The Labute approximate surface area is 165 Å². The standard InChI is InChI=1S/C7H17N3.C6H11N3.C6H16N2/c1-6(8)4-2-3-5-7(9)10;1-5(7)2-6-3-8-4-9-6;1-6(8)4-2-3-5-7/h6H,2-5,8H2,1H3,(H3,9,10);3-5H,2,7H2,1H3,(H,8,9);6H,2-5,7-8H2,1H3. The SMILES string of the molecule is CC(N)CCCCC(=N)N.CC(N)CCCCN.CC(N)Cc1cnc[nH]1. The fourth-order valence-corrected chi connectivity index (χ4v) is 2.14. The van der Waals surface area contributed by atoms with E-state index in [1.807, 2.05) is 20.8 Å². The maximum atomic E-state index is 6.93. The molecule has 0 aliphatic heterocycles. The van der Waals surface area contributed by atoms with E-state index in [-0.39, 0.29) is 17.9 Å². The topological polar surface area (TPSA) is 183 Å². The Bertz CT molecular complexity index is 415. The number of imidazole rings is 1. The first-order valence-corrected chi connectivity index (χ1v) is 9.95. The normalized spacial score (nSPS) is 13.4. The molecule has 8 heteroatoms. The van der Waals surface area contributed by atoms with Crippen LogP contribution in [0.1, 0.15) is 71.4 Å². The summed E-state index contributed by atoms with van der Waals surface area (Å²) in [7, 11) is 0. The van der Waals surface area contributed by atoms with E-state index in [4.69, 9.17) is 34.1 Å². The van der Waals surface area contributed by atoms with Crippen molar-refractivity contribution in [2.45, 2.75) is 90.3 Å². The number of aromatic amines is 1. The molecule has 0 fully saturated rings. The highest BCUT2D eigenvalue weighted by Crippen LogP contribution is 2.00. The zero-order valence-electron chi connectivity index (χ0n) is 17.6. The lowest BCUT2D eigenvalue weighted by Gasteiger charge is -2.02. The van der Waals surface area contributed by atoms with Gasteiger partial charge in [0.2, 0.25) is 0 Å². The first-order chi connectivity index (χ1) is 12.7. The highest BCUT2D eigenvalue weighted by Gasteiger charge is 1.96. The molecule has 0 aliphatic carbocycles. The van der Waals surface area contributed by atoms with Crippen LogP contribution in [0, 0.1) is 5.41 Å². The number of rotatable bonds is 11. The molecular formula is C19H44N8. The van der Waals surface area contributed by atoms with Gasteiger partial charge in [-0.25, -0.2) is 4.98 Å². The van der Waals surface area contributed by atoms with Crippen molar-refractivity contribution in [1.29, 1.82) is 5.41 Å². The van der Waals surface area contributed by atoms with Gasteiger partial charge in [0.05, 0.1) is 12.2 Å². The van der Waals surface area contributed by atoms with E-state index in [1.165, 1.54) is 6.42 Å². The minimum absolute atomic E-state index is 0.213. The molecule has 0 bridgehead atoms. The van der Waals surface area contributed by atoms with Crippen LogP contribution in [0.4, 0.5) is 0 Å². The van der Waals surface area contributed by atoms with Crippen LogP contribution in [0.3, 0.4) is 0 Å². The highest BCUT2D eigenvalue weighted by atomic mass is 14.9. The number of aromatic nitrogens is 2. The molecule has 0 saturated heterocycles. The van der Waals surface area contributed by atoms with Crippen LogP contribution in [0.2, 0.25) is 0 Å². The lowest BCUT2D eigenvalue weighted by molar-refractivity contribution is 0.602. The minimum atomic E-state index is 0.213. The number of unbranched alkanes of at least 4 members (excludes halogenated alkanes) is 2. The van der Waals surface area contributed by atoms with Gasteiger partial charge in [-0.3, -0.25) is 5.41 Å². The third-order valence-corrected chi connectivity index (χ3v) is 3.57. The van der Waals surface area contributed by atoms with Crippen LogP contribution in [0.25, 0.3) is 0 Å². The summed E-state index contributed by atoms with van der Waals surface area (Å²) < 4.78 is 0. The van der Waals surface area contributed by atoms with Crippen LogP contribution in [-0.4, -0.2) is 40.5 Å². The Kier molecular flexibility index (Phi) is 19.8. The van der Waals surface area contributed by atoms with Crippen molar-refractivity contribution in [2.75, 3.05) is 6.54 Å². The molecule has 12 N–H and O–H groups in total. The van der Waals surface area contributed by atoms with Crippen molar-refractivity contribution in [3.63, 3.8) is 0 Å². The third-order valence-electron chi connectivity index (χ3n) is 3.57. The molecule has 27 heavy (non-hydrogen) atoms. The zero-order chi connectivity index (χ0) is 21.1. The third kappa shape index (κ3) is 26.9. The number of amidine groups is 1. The van der Waals surface area contributed by atoms with Gasteiger partial charge in [-0.2, -0.15) is 0 Å². The molecule has 0 amide bonds. The molecule has 3 atom stereocenters. The fraction of sp³-hybridized carbons (Fsp3) is 0.789. The van der Waals surface area contributed by atoms with Crippen molar-refractivity contribution < 1.29 is 0 Å². The average Bonchev–Trinajstić information content (AvgIpc) is 3.05. The van der Waals surface area contributed by atoms with E-state index in [2.05, 4.69) is 9.97 Å². The van der Waals surface area contributed by atoms with Gasteiger partial charge in [0.15, 0.2) is 0 Å². The van der Waals surface area contributed by atoms with Crippen molar-refractivity contribution in [1.82, 2.24) is 9.97 Å². The summed E-state index contributed by atoms with van der Waals surface area (Å²) in [5.74, 6) is 0.282. The largest absolute Gasteiger partial charge is 0.388 e. The lowest BCUT2D eigenvalue weighted by Crippen LogP contribution is -2.17. The van der Waals surface area contributed by atoms with Gasteiger partial charge in [0.25, 0.3) is 0 Å². The molecule has 0 radical (unpaired) electrons. The molecule has 0 aliphatic rings. The van der Waals surface area contributed by atoms with E-state index in [1.54, 1.807) is 12.5 Å². The van der Waals surface area contributed by atoms with E-state index >= 15 is 0 Å². The molecule has 160 valence electrons. The van der Waals surface area contributed by atoms with Crippen molar-refractivity contribution in [3.8, 4) is 0 Å². The highest BCUT2D eigenvalue weighted by molar-refractivity contribution is 5.76. The summed E-state index contributed by atoms with van der Waals surface area (Å²) in [6.07, 6.45) is 11.6. The Balaban J connectivity index is 0. The van der Waals surface area contributed by atoms with Gasteiger partial charge in [-0.15, -0.1) is 0 Å². The quantitative estimate of drug-likeness (QED) is 0.172. The van der Waals surface area contributed by atoms with Gasteiger partial charge in [0, 0.05) is 42.9 Å². The number of nitrogens with two attached hydrogens (primary N) is 5. The maximum Gasteiger partial charge on any atom is 0.0921 e. The van der Waals surface area contributed by atoms with E-state index in [0.717, 1.165) is 50.8 Å². The predicted octanol–water partition coefficient (Wildman–Crippen LogP) is 1.59. The first-order valence-electron chi connectivity index (χ1n) is 9.95. The molecule has 8 nitrogen and oxygen atoms in total. The van der Waals surface area contributed by atoms with Crippen LogP contribution < -0.4 is 28.7 Å². The first kappa shape index (κ1) is 27.7. The second-order valence-electron chi connectivity index (χ2n) is 7.27. The smallest absolute Gasteiger partial charge is 0.0921 e. The average molecular weight is 385 g/mol. The second-order valence-corrected chi connectivity index (χ2v) is 7.27. The van der Waals surface area contributed by atoms with Crippen molar-refractivity contribution >= 4 is 5.84 Å². The fourth-order valence-electron chi connectivity index (χ4n) is 2.14. The number of nitrogens with zero attached hydrogens (tertiary/aromatic N) is 1. The Hall–Kier alpha value is -1.48. The zero-order valence-corrected chi connectivity index (χ0v) is 17.6. The van der Waals surface area contributed by atoms with E-state index in [9.17, 15) is 0 Å². The van der Waals surface area contributed by atoms with Crippen LogP contribution >= 0.6 is 0 Å². The molecule has 1 aromatic heterocycles. The van der Waals surface area contributed by atoms with Gasteiger partial charge in [-0.05, 0) is 53.0 Å².